The van der Waals surface area contributed by atoms with Crippen LogP contribution >= 0.6 is 0 Å². The van der Waals surface area contributed by atoms with Crippen LogP contribution in [0.5, 0.6) is 5.75 Å². The quantitative estimate of drug-likeness (QED) is 0.00677. The molecule has 22 nitrogen and oxygen atoms in total. The Balaban J connectivity index is 1.25. The number of carbonyl (C=O) groups excluding carboxylic acids is 5. The standard InChI is InChI=1S/C48H74F4N10O12/c1-33-43(49)45(51)46(52)47(44(33)50)74-42(66)13-24-69-21-10-37-32-36(37)9-20-68-19-8-35-31-34(35)7-16-57-48(67)38(5-2-3-14-55-39(63)11-22-70-27-29-72-25-17-58-61-53)60-41(65)6-4-15-56-40(64)12-23-71-28-30-73-26-18-59-62-54/h34-38H,2-32H2,1H3,(H,55,63)(H,56,64)(H,57,67)(H,60,65)/t34?,35?,36?,37?,38-/m0/s1. The molecule has 0 heterocycles. The highest BCUT2D eigenvalue weighted by Gasteiger charge is 2.37. The van der Waals surface area contributed by atoms with Gasteiger partial charge in [0.2, 0.25) is 35.2 Å². The minimum absolute atomic E-state index is 0.0584. The molecule has 0 saturated heterocycles. The fourth-order valence-corrected chi connectivity index (χ4v) is 7.74. The van der Waals surface area contributed by atoms with Gasteiger partial charge >= 0.3 is 5.97 Å². The predicted octanol–water partition coefficient (Wildman–Crippen LogP) is 5.96. The molecule has 2 aliphatic rings. The summed E-state index contributed by atoms with van der Waals surface area (Å²) >= 11 is 0. The molecule has 416 valence electrons. The van der Waals surface area contributed by atoms with Gasteiger partial charge in [-0.15, -0.1) is 0 Å². The van der Waals surface area contributed by atoms with Gasteiger partial charge in [0.15, 0.2) is 17.5 Å². The van der Waals surface area contributed by atoms with Crippen molar-refractivity contribution < 1.29 is 74.7 Å². The number of amides is 4. The van der Waals surface area contributed by atoms with Gasteiger partial charge in [0.05, 0.1) is 65.9 Å². The Hall–Kier alpha value is -5.33. The van der Waals surface area contributed by atoms with Crippen LogP contribution in [0.15, 0.2) is 10.2 Å². The number of nitrogens with one attached hydrogen (secondary N) is 4. The first-order chi connectivity index (χ1) is 35.9. The van der Waals surface area contributed by atoms with Crippen LogP contribution in [-0.4, -0.2) is 148 Å². The second-order valence-electron chi connectivity index (χ2n) is 17.9. The van der Waals surface area contributed by atoms with Gasteiger partial charge in [-0.3, -0.25) is 24.0 Å². The van der Waals surface area contributed by atoms with E-state index in [4.69, 9.17) is 39.5 Å². The number of rotatable bonds is 45. The van der Waals surface area contributed by atoms with Gasteiger partial charge in [-0.2, -0.15) is 4.39 Å². The minimum Gasteiger partial charge on any atom is -0.420 e. The Morgan fingerprint density at radius 3 is 1.58 bits per heavy atom. The van der Waals surface area contributed by atoms with Crippen LogP contribution in [0.2, 0.25) is 0 Å². The van der Waals surface area contributed by atoms with Crippen LogP contribution in [0.3, 0.4) is 0 Å². The van der Waals surface area contributed by atoms with E-state index < -0.39 is 46.6 Å². The van der Waals surface area contributed by atoms with E-state index in [1.54, 1.807) is 0 Å². The van der Waals surface area contributed by atoms with Gasteiger partial charge in [-0.25, -0.2) is 13.2 Å². The molecular formula is C48H74F4N10O12. The number of unbranched alkanes of at least 4 members (excludes halogenated alkanes) is 1. The SMILES string of the molecule is Cc1c(F)c(F)c(F)c(OC(=O)CCOCCC2CC2CCOCCC2CC2CCNC(=O)[C@H](CCCCNC(=O)CCOCCOCCN=[N+]=[N-])NC(=O)CCCNC(=O)CCOCCOCCN=[N+]=[N-])c1F. The summed E-state index contributed by atoms with van der Waals surface area (Å²) in [6.45, 7) is 6.28. The molecule has 1 aromatic carbocycles. The van der Waals surface area contributed by atoms with Crippen molar-refractivity contribution >= 4 is 29.6 Å². The zero-order chi connectivity index (χ0) is 53.8. The van der Waals surface area contributed by atoms with E-state index in [9.17, 15) is 41.5 Å². The van der Waals surface area contributed by atoms with E-state index >= 15 is 0 Å². The molecule has 0 spiro atoms. The topological polar surface area (TPSA) is 296 Å². The number of hydrogen-bond donors (Lipinski definition) is 4. The second kappa shape index (κ2) is 38.3. The Labute approximate surface area is 428 Å². The average Bonchev–Trinajstić information content (AvgIpc) is 4.33. The highest BCUT2D eigenvalue weighted by molar-refractivity contribution is 5.87. The van der Waals surface area contributed by atoms with E-state index in [1.807, 2.05) is 0 Å². The normalized spacial score (nSPS) is 16.8. The predicted molar refractivity (Wildman–Crippen MR) is 259 cm³/mol. The summed E-state index contributed by atoms with van der Waals surface area (Å²) < 4.78 is 92.4. The maximum atomic E-state index is 14.1. The average molecular weight is 1060 g/mol. The van der Waals surface area contributed by atoms with Crippen molar-refractivity contribution in [2.75, 3.05) is 112 Å². The number of hydrogen-bond acceptors (Lipinski definition) is 14. The molecule has 5 atom stereocenters. The Morgan fingerprint density at radius 1 is 0.541 bits per heavy atom. The summed E-state index contributed by atoms with van der Waals surface area (Å²) in [6, 6.07) is -0.775. The third-order valence-corrected chi connectivity index (χ3v) is 12.2. The van der Waals surface area contributed by atoms with Crippen molar-refractivity contribution in [3.63, 3.8) is 0 Å². The van der Waals surface area contributed by atoms with E-state index in [0.29, 0.717) is 102 Å². The molecule has 74 heavy (non-hydrogen) atoms. The van der Waals surface area contributed by atoms with Crippen molar-refractivity contribution in [3.8, 4) is 5.75 Å². The minimum atomic E-state index is -1.92. The van der Waals surface area contributed by atoms with Crippen LogP contribution in [-0.2, 0) is 52.4 Å². The van der Waals surface area contributed by atoms with Crippen LogP contribution in [0, 0.1) is 53.9 Å². The lowest BCUT2D eigenvalue weighted by Crippen LogP contribution is -2.47. The molecule has 4 amide bonds. The summed E-state index contributed by atoms with van der Waals surface area (Å²) in [4.78, 5) is 68.1. The van der Waals surface area contributed by atoms with Crippen LogP contribution in [0.4, 0.5) is 17.6 Å². The van der Waals surface area contributed by atoms with Gasteiger partial charge in [-0.1, -0.05) is 10.2 Å². The molecule has 3 rings (SSSR count). The van der Waals surface area contributed by atoms with Gasteiger partial charge in [0.1, 0.15) is 6.04 Å². The third-order valence-electron chi connectivity index (χ3n) is 12.2. The lowest BCUT2D eigenvalue weighted by molar-refractivity contribution is -0.136. The maximum Gasteiger partial charge on any atom is 0.313 e. The summed E-state index contributed by atoms with van der Waals surface area (Å²) in [5, 5.41) is 18.2. The maximum absolute atomic E-state index is 14.1. The van der Waals surface area contributed by atoms with E-state index in [2.05, 4.69) is 46.1 Å². The highest BCUT2D eigenvalue weighted by atomic mass is 19.2. The van der Waals surface area contributed by atoms with Crippen LogP contribution in [0.1, 0.15) is 95.5 Å². The Kier molecular flexibility index (Phi) is 32.6. The smallest absolute Gasteiger partial charge is 0.313 e. The first-order valence-corrected chi connectivity index (χ1v) is 25.5. The van der Waals surface area contributed by atoms with E-state index in [0.717, 1.165) is 45.4 Å². The molecule has 1 aromatic rings. The Bertz CT molecular complexity index is 1960. The van der Waals surface area contributed by atoms with Gasteiger partial charge in [0.25, 0.3) is 0 Å². The van der Waals surface area contributed by atoms with E-state index in [1.165, 1.54) is 0 Å². The first kappa shape index (κ1) is 63.0. The molecule has 0 aliphatic heterocycles. The molecule has 2 fully saturated rings. The summed E-state index contributed by atoms with van der Waals surface area (Å²) in [5.74, 6) is -8.33. The van der Waals surface area contributed by atoms with E-state index in [-0.39, 0.29) is 109 Å². The number of halogens is 4. The van der Waals surface area contributed by atoms with Gasteiger partial charge < -0.3 is 54.4 Å². The third kappa shape index (κ3) is 27.8. The van der Waals surface area contributed by atoms with Gasteiger partial charge in [-0.05, 0) is 106 Å². The van der Waals surface area contributed by atoms with Crippen molar-refractivity contribution in [3.05, 3.63) is 49.7 Å². The molecule has 0 radical (unpaired) electrons. The monoisotopic (exact) mass is 1060 g/mol. The fourth-order valence-electron chi connectivity index (χ4n) is 7.74. The van der Waals surface area contributed by atoms with Crippen molar-refractivity contribution in [2.24, 2.45) is 33.9 Å². The number of esters is 1. The molecule has 0 aromatic heterocycles. The number of ether oxygens (including phenoxy) is 7. The van der Waals surface area contributed by atoms with Crippen molar-refractivity contribution in [1.29, 1.82) is 0 Å². The number of nitrogens with zero attached hydrogens (tertiary/aromatic N) is 6. The zero-order valence-electron chi connectivity index (χ0n) is 42.4. The first-order valence-electron chi connectivity index (χ1n) is 25.5. The molecule has 2 aliphatic carbocycles. The second-order valence-corrected chi connectivity index (χ2v) is 17.9. The van der Waals surface area contributed by atoms with Crippen LogP contribution in [0.25, 0.3) is 20.9 Å². The number of benzene rings is 1. The number of azide groups is 2. The Morgan fingerprint density at radius 2 is 1.03 bits per heavy atom. The molecule has 0 bridgehead atoms. The van der Waals surface area contributed by atoms with Crippen molar-refractivity contribution in [1.82, 2.24) is 21.3 Å². The molecule has 26 heteroatoms. The lowest BCUT2D eigenvalue weighted by atomic mass is 10.1. The molecule has 4 N–H and O–H groups in total. The van der Waals surface area contributed by atoms with Crippen LogP contribution < -0.4 is 26.0 Å². The lowest BCUT2D eigenvalue weighted by Gasteiger charge is -2.19. The fraction of sp³-hybridized carbons (Fsp3) is 0.771. The zero-order valence-corrected chi connectivity index (χ0v) is 42.4. The molecular weight excluding hydrogens is 985 g/mol. The summed E-state index contributed by atoms with van der Waals surface area (Å²) in [6.07, 6.45) is 7.46. The molecule has 2 saturated carbocycles. The van der Waals surface area contributed by atoms with Crippen molar-refractivity contribution in [2.45, 2.75) is 103 Å². The molecule has 4 unspecified atom stereocenters. The summed E-state index contributed by atoms with van der Waals surface area (Å²) in [7, 11) is 0. The number of carbonyl (C=O) groups is 5. The highest BCUT2D eigenvalue weighted by Crippen LogP contribution is 2.45. The largest absolute Gasteiger partial charge is 0.420 e. The summed E-state index contributed by atoms with van der Waals surface area (Å²) in [5.41, 5.74) is 15.7. The van der Waals surface area contributed by atoms with Gasteiger partial charge in [0, 0.05) is 87.2 Å².